The van der Waals surface area contributed by atoms with Crippen LogP contribution in [0.25, 0.3) is 0 Å². The first-order valence-corrected chi connectivity index (χ1v) is 11.1. The van der Waals surface area contributed by atoms with Gasteiger partial charge in [0, 0.05) is 12.1 Å². The molecule has 4 N–H and O–H groups in total. The second-order valence-corrected chi connectivity index (χ2v) is 7.82. The smallest absolute Gasteiger partial charge is 0.338 e. The quantitative estimate of drug-likeness (QED) is 0.386. The Hall–Kier alpha value is -2.86. The Balaban J connectivity index is 1.94. The molecular weight excluding hydrogens is 392 g/mol. The number of hydrogen-bond acceptors (Lipinski definition) is 4. The van der Waals surface area contributed by atoms with Crippen LogP contribution < -0.4 is 15.8 Å². The van der Waals surface area contributed by atoms with Crippen molar-refractivity contribution in [1.29, 1.82) is 0 Å². The number of para-hydroxylation sites is 1. The van der Waals surface area contributed by atoms with E-state index in [1.165, 1.54) is 0 Å². The Morgan fingerprint density at radius 2 is 1.65 bits per heavy atom. The normalized spacial score (nSPS) is 11.1. The van der Waals surface area contributed by atoms with Gasteiger partial charge in [-0.15, -0.1) is 0 Å². The van der Waals surface area contributed by atoms with Crippen molar-refractivity contribution in [1.82, 2.24) is 0 Å². The molecule has 0 atom stereocenters. The van der Waals surface area contributed by atoms with E-state index in [9.17, 15) is 9.59 Å². The third-order valence-corrected chi connectivity index (χ3v) is 5.63. The van der Waals surface area contributed by atoms with Gasteiger partial charge in [-0.1, -0.05) is 39.3 Å². The molecule has 0 aliphatic rings. The fraction of sp³-hybridized carbons (Fsp3) is 0.440. The Morgan fingerprint density at radius 3 is 2.29 bits per heavy atom. The van der Waals surface area contributed by atoms with Crippen molar-refractivity contribution < 1.29 is 24.8 Å². The molecule has 0 radical (unpaired) electrons. The fourth-order valence-electron chi connectivity index (χ4n) is 3.04. The molecule has 6 heteroatoms. The second-order valence-electron chi connectivity index (χ2n) is 7.82. The Labute approximate surface area is 185 Å². The Bertz CT molecular complexity index is 845. The molecule has 31 heavy (non-hydrogen) atoms. The van der Waals surface area contributed by atoms with E-state index >= 15 is 0 Å². The van der Waals surface area contributed by atoms with Gasteiger partial charge in [-0.2, -0.15) is 0 Å². The molecule has 2 rings (SSSR count). The molecule has 1 amide bonds. The molecule has 0 bridgehead atoms. The molecule has 6 nitrogen and oxygen atoms in total. The SMILES string of the molecule is CCCCOc1ccccc1C(=O)Nc1ccc(C(=O)OCCC([NH3+])(CC)CC)cc1. The Kier molecular flexibility index (Phi) is 9.53. The van der Waals surface area contributed by atoms with Crippen molar-refractivity contribution in [2.45, 2.75) is 58.4 Å². The van der Waals surface area contributed by atoms with Crippen molar-refractivity contribution >= 4 is 17.6 Å². The number of rotatable bonds is 12. The number of carbonyl (C=O) groups excluding carboxylic acids is 2. The van der Waals surface area contributed by atoms with Gasteiger partial charge in [-0.25, -0.2) is 4.79 Å². The molecule has 0 aliphatic carbocycles. The maximum Gasteiger partial charge on any atom is 0.338 e. The molecule has 0 heterocycles. The number of hydrogen-bond donors (Lipinski definition) is 2. The van der Waals surface area contributed by atoms with E-state index in [4.69, 9.17) is 9.47 Å². The van der Waals surface area contributed by atoms with Gasteiger partial charge in [0.2, 0.25) is 0 Å². The summed E-state index contributed by atoms with van der Waals surface area (Å²) in [4.78, 5) is 25.0. The van der Waals surface area contributed by atoms with E-state index in [0.29, 0.717) is 35.8 Å². The standard InChI is InChI=1S/C25H34N2O4/c1-4-7-17-30-22-11-9-8-10-21(22)23(28)27-20-14-12-19(13-15-20)24(29)31-18-16-25(26,5-2)6-3/h8-15H,4-7,16-18,26H2,1-3H3,(H,27,28)/p+1. The molecule has 168 valence electrons. The minimum atomic E-state index is -0.373. The summed E-state index contributed by atoms with van der Waals surface area (Å²) in [5, 5.41) is 2.85. The van der Waals surface area contributed by atoms with Gasteiger partial charge >= 0.3 is 5.97 Å². The third-order valence-electron chi connectivity index (χ3n) is 5.63. The molecular formula is C25H35N2O4+. The first-order chi connectivity index (χ1) is 14.9. The van der Waals surface area contributed by atoms with Crippen LogP contribution >= 0.6 is 0 Å². The minimum Gasteiger partial charge on any atom is -0.493 e. The van der Waals surface area contributed by atoms with Gasteiger partial charge < -0.3 is 20.5 Å². The lowest BCUT2D eigenvalue weighted by Crippen LogP contribution is -2.72. The summed E-state index contributed by atoms with van der Waals surface area (Å²) < 4.78 is 11.1. The highest BCUT2D eigenvalue weighted by Gasteiger charge is 2.24. The number of amides is 1. The third kappa shape index (κ3) is 7.40. The van der Waals surface area contributed by atoms with Gasteiger partial charge in [0.1, 0.15) is 5.75 Å². The lowest BCUT2D eigenvalue weighted by Gasteiger charge is -2.22. The Morgan fingerprint density at radius 1 is 0.968 bits per heavy atom. The summed E-state index contributed by atoms with van der Waals surface area (Å²) in [6.07, 6.45) is 4.58. The first-order valence-electron chi connectivity index (χ1n) is 11.1. The van der Waals surface area contributed by atoms with E-state index in [2.05, 4.69) is 31.8 Å². The predicted octanol–water partition coefficient (Wildman–Crippen LogP) is 4.47. The van der Waals surface area contributed by atoms with Crippen molar-refractivity contribution in [2.75, 3.05) is 18.5 Å². The topological polar surface area (TPSA) is 92.3 Å². The number of esters is 1. The molecule has 0 aliphatic heterocycles. The zero-order valence-electron chi connectivity index (χ0n) is 18.9. The lowest BCUT2D eigenvalue weighted by molar-refractivity contribution is -0.482. The van der Waals surface area contributed by atoms with Gasteiger partial charge in [0.15, 0.2) is 0 Å². The molecule has 2 aromatic carbocycles. The number of nitrogens with one attached hydrogen (secondary N) is 1. The molecule has 0 spiro atoms. The zero-order valence-corrected chi connectivity index (χ0v) is 18.9. The number of ether oxygens (including phenoxy) is 2. The van der Waals surface area contributed by atoms with Gasteiger partial charge in [-0.3, -0.25) is 4.79 Å². The van der Waals surface area contributed by atoms with E-state index in [1.54, 1.807) is 42.5 Å². The summed E-state index contributed by atoms with van der Waals surface area (Å²) >= 11 is 0. The molecule has 2 aromatic rings. The first kappa shape index (κ1) is 24.4. The van der Waals surface area contributed by atoms with Crippen LogP contribution in [0.4, 0.5) is 5.69 Å². The highest BCUT2D eigenvalue weighted by atomic mass is 16.5. The number of carbonyl (C=O) groups is 2. The van der Waals surface area contributed by atoms with Gasteiger partial charge in [-0.05, 0) is 55.7 Å². The van der Waals surface area contributed by atoms with Crippen LogP contribution in [-0.4, -0.2) is 30.6 Å². The van der Waals surface area contributed by atoms with E-state index in [-0.39, 0.29) is 17.4 Å². The summed E-state index contributed by atoms with van der Waals surface area (Å²) in [7, 11) is 0. The highest BCUT2D eigenvalue weighted by molar-refractivity contribution is 6.06. The number of benzene rings is 2. The van der Waals surface area contributed by atoms with Crippen LogP contribution in [0.2, 0.25) is 0 Å². The molecule has 0 fully saturated rings. The highest BCUT2D eigenvalue weighted by Crippen LogP contribution is 2.21. The maximum atomic E-state index is 12.7. The average molecular weight is 428 g/mol. The maximum absolute atomic E-state index is 12.7. The average Bonchev–Trinajstić information content (AvgIpc) is 2.79. The molecule has 0 unspecified atom stereocenters. The second kappa shape index (κ2) is 12.1. The van der Waals surface area contributed by atoms with Crippen LogP contribution in [-0.2, 0) is 4.74 Å². The van der Waals surface area contributed by atoms with Crippen LogP contribution in [0.1, 0.15) is 73.6 Å². The number of anilines is 1. The molecule has 0 saturated heterocycles. The van der Waals surface area contributed by atoms with E-state index < -0.39 is 0 Å². The zero-order chi connectivity index (χ0) is 22.7. The van der Waals surface area contributed by atoms with Crippen molar-refractivity contribution in [3.63, 3.8) is 0 Å². The summed E-state index contributed by atoms with van der Waals surface area (Å²) in [6.45, 7) is 7.20. The van der Waals surface area contributed by atoms with Crippen LogP contribution in [0.15, 0.2) is 48.5 Å². The summed E-state index contributed by atoms with van der Waals surface area (Å²) in [6, 6.07) is 13.9. The van der Waals surface area contributed by atoms with Crippen LogP contribution in [0, 0.1) is 0 Å². The number of unbranched alkanes of at least 4 members (excludes halogenated alkanes) is 1. The predicted molar refractivity (Wildman–Crippen MR) is 122 cm³/mol. The molecule has 0 aromatic heterocycles. The van der Waals surface area contributed by atoms with E-state index in [0.717, 1.165) is 32.1 Å². The van der Waals surface area contributed by atoms with Crippen molar-refractivity contribution in [2.24, 2.45) is 0 Å². The largest absolute Gasteiger partial charge is 0.493 e. The van der Waals surface area contributed by atoms with Crippen molar-refractivity contribution in [3.05, 3.63) is 59.7 Å². The summed E-state index contributed by atoms with van der Waals surface area (Å²) in [5.74, 6) is -0.0651. The van der Waals surface area contributed by atoms with Crippen LogP contribution in [0.3, 0.4) is 0 Å². The molecule has 0 saturated carbocycles. The number of quaternary nitrogens is 1. The van der Waals surface area contributed by atoms with E-state index in [1.807, 2.05) is 6.07 Å². The minimum absolute atomic E-state index is 0.0506. The lowest BCUT2D eigenvalue weighted by atomic mass is 9.91. The fourth-order valence-corrected chi connectivity index (χ4v) is 3.04. The van der Waals surface area contributed by atoms with Crippen molar-refractivity contribution in [3.8, 4) is 5.75 Å². The monoisotopic (exact) mass is 427 g/mol. The van der Waals surface area contributed by atoms with Gasteiger partial charge in [0.05, 0.1) is 29.9 Å². The van der Waals surface area contributed by atoms with Gasteiger partial charge in [0.25, 0.3) is 5.91 Å². The summed E-state index contributed by atoms with van der Waals surface area (Å²) in [5.41, 5.74) is 5.70. The van der Waals surface area contributed by atoms with Crippen LogP contribution in [0.5, 0.6) is 5.75 Å².